The van der Waals surface area contributed by atoms with E-state index >= 15 is 0 Å². The number of hydrogen-bond donors (Lipinski definition) is 1. The highest BCUT2D eigenvalue weighted by Crippen LogP contribution is 2.31. The second kappa shape index (κ2) is 6.49. The van der Waals surface area contributed by atoms with E-state index < -0.39 is 0 Å². The highest BCUT2D eigenvalue weighted by Gasteiger charge is 2.13. The predicted molar refractivity (Wildman–Crippen MR) is 109 cm³/mol. The molecule has 0 bridgehead atoms. The molecule has 0 amide bonds. The van der Waals surface area contributed by atoms with Crippen molar-refractivity contribution in [2.24, 2.45) is 7.05 Å². The highest BCUT2D eigenvalue weighted by molar-refractivity contribution is 5.90. The minimum atomic E-state index is -0.276. The summed E-state index contributed by atoms with van der Waals surface area (Å²) in [4.78, 5) is 0. The van der Waals surface area contributed by atoms with Crippen LogP contribution in [0.5, 0.6) is 0 Å². The van der Waals surface area contributed by atoms with Crippen LogP contribution in [0.25, 0.3) is 38.5 Å². The summed E-state index contributed by atoms with van der Waals surface area (Å²) < 4.78 is 16.8. The molecule has 28 heavy (non-hydrogen) atoms. The fourth-order valence-corrected chi connectivity index (χ4v) is 3.88. The van der Waals surface area contributed by atoms with Gasteiger partial charge in [0.15, 0.2) is 0 Å². The Morgan fingerprint density at radius 3 is 2.75 bits per heavy atom. The van der Waals surface area contributed by atoms with E-state index in [9.17, 15) is 4.39 Å². The molecule has 1 aliphatic rings. The summed E-state index contributed by atoms with van der Waals surface area (Å²) in [5.74, 6) is -0.276. The number of fused-ring (bicyclic) bond motifs is 2. The lowest BCUT2D eigenvalue weighted by atomic mass is 9.99. The Bertz CT molecular complexity index is 1250. The molecule has 4 aromatic rings. The van der Waals surface area contributed by atoms with Crippen LogP contribution >= 0.6 is 0 Å². The van der Waals surface area contributed by atoms with Gasteiger partial charge < -0.3 is 5.32 Å². The SMILES string of the molecule is Cc1cc(-c2cc(F)c3cc(C4=CCNCC4)nnc3c2)cc2cn(C)nc12. The molecule has 0 saturated heterocycles. The lowest BCUT2D eigenvalue weighted by Gasteiger charge is -2.13. The molecule has 0 radical (unpaired) electrons. The van der Waals surface area contributed by atoms with E-state index in [1.165, 1.54) is 0 Å². The van der Waals surface area contributed by atoms with Gasteiger partial charge in [-0.25, -0.2) is 4.39 Å². The van der Waals surface area contributed by atoms with Gasteiger partial charge in [0.2, 0.25) is 0 Å². The normalized spacial score (nSPS) is 14.6. The average Bonchev–Trinajstić information content (AvgIpc) is 3.09. The van der Waals surface area contributed by atoms with Gasteiger partial charge in [0.25, 0.3) is 0 Å². The van der Waals surface area contributed by atoms with Crippen LogP contribution in [0, 0.1) is 12.7 Å². The summed E-state index contributed by atoms with van der Waals surface area (Å²) >= 11 is 0. The van der Waals surface area contributed by atoms with Crippen LogP contribution < -0.4 is 5.32 Å². The first kappa shape index (κ1) is 17.0. The van der Waals surface area contributed by atoms with Crippen LogP contribution in [0.1, 0.15) is 17.7 Å². The maximum atomic E-state index is 15.0. The minimum Gasteiger partial charge on any atom is -0.313 e. The van der Waals surface area contributed by atoms with E-state index in [2.05, 4.69) is 26.7 Å². The van der Waals surface area contributed by atoms with Gasteiger partial charge in [-0.2, -0.15) is 10.2 Å². The Balaban J connectivity index is 1.62. The maximum absolute atomic E-state index is 15.0. The van der Waals surface area contributed by atoms with Crippen molar-refractivity contribution in [1.82, 2.24) is 25.3 Å². The van der Waals surface area contributed by atoms with E-state index in [4.69, 9.17) is 0 Å². The number of rotatable bonds is 2. The molecule has 1 aliphatic heterocycles. The second-order valence-electron chi connectivity index (χ2n) is 7.34. The van der Waals surface area contributed by atoms with Crippen LogP contribution in [-0.2, 0) is 7.05 Å². The number of benzene rings is 2. The van der Waals surface area contributed by atoms with Gasteiger partial charge in [-0.15, -0.1) is 5.10 Å². The number of aromatic nitrogens is 4. The second-order valence-corrected chi connectivity index (χ2v) is 7.34. The molecule has 0 unspecified atom stereocenters. The van der Waals surface area contributed by atoms with E-state index in [0.717, 1.165) is 58.4 Å². The third kappa shape index (κ3) is 2.86. The Kier molecular flexibility index (Phi) is 3.94. The molecule has 2 aromatic carbocycles. The van der Waals surface area contributed by atoms with Crippen molar-refractivity contribution >= 4 is 27.4 Å². The molecule has 6 heteroatoms. The van der Waals surface area contributed by atoms with Crippen LogP contribution in [0.3, 0.4) is 0 Å². The first-order valence-electron chi connectivity index (χ1n) is 9.40. The summed E-state index contributed by atoms with van der Waals surface area (Å²) in [5, 5.41) is 18.0. The zero-order valence-electron chi connectivity index (χ0n) is 15.8. The van der Waals surface area contributed by atoms with Crippen molar-refractivity contribution < 1.29 is 4.39 Å². The molecule has 1 N–H and O–H groups in total. The molecule has 0 fully saturated rings. The Labute approximate surface area is 161 Å². The van der Waals surface area contributed by atoms with Gasteiger partial charge in [-0.05, 0) is 72.5 Å². The van der Waals surface area contributed by atoms with Gasteiger partial charge in [-0.3, -0.25) is 4.68 Å². The highest BCUT2D eigenvalue weighted by atomic mass is 19.1. The zero-order valence-corrected chi connectivity index (χ0v) is 15.8. The monoisotopic (exact) mass is 373 g/mol. The molecular formula is C22H20FN5. The summed E-state index contributed by atoms with van der Waals surface area (Å²) in [6.45, 7) is 3.74. The van der Waals surface area contributed by atoms with Crippen LogP contribution in [0.2, 0.25) is 0 Å². The standard InChI is InChI=1S/C22H20FN5/c1-13-7-15(8-17-12-28(2)27-22(13)17)16-9-19(23)18-11-20(25-26-21(18)10-16)14-3-5-24-6-4-14/h3,7-12,24H,4-6H2,1-2H3. The number of nitrogens with one attached hydrogen (secondary N) is 1. The third-order valence-electron chi connectivity index (χ3n) is 5.29. The van der Waals surface area contributed by atoms with Crippen LogP contribution in [0.4, 0.5) is 4.39 Å². The quantitative estimate of drug-likeness (QED) is 0.577. The van der Waals surface area contributed by atoms with Crippen molar-refractivity contribution in [2.75, 3.05) is 13.1 Å². The molecule has 5 nitrogen and oxygen atoms in total. The Morgan fingerprint density at radius 1 is 1.07 bits per heavy atom. The molecule has 0 aliphatic carbocycles. The van der Waals surface area contributed by atoms with Gasteiger partial charge in [0.05, 0.1) is 16.7 Å². The number of nitrogens with zero attached hydrogens (tertiary/aromatic N) is 4. The van der Waals surface area contributed by atoms with E-state index in [1.54, 1.807) is 10.7 Å². The van der Waals surface area contributed by atoms with Crippen molar-refractivity contribution in [3.8, 4) is 11.1 Å². The first-order chi connectivity index (χ1) is 13.6. The summed E-state index contributed by atoms with van der Waals surface area (Å²) in [6, 6.07) is 9.38. The van der Waals surface area contributed by atoms with Crippen molar-refractivity contribution in [2.45, 2.75) is 13.3 Å². The molecule has 3 heterocycles. The predicted octanol–water partition coefficient (Wildman–Crippen LogP) is 4.01. The largest absolute Gasteiger partial charge is 0.313 e. The molecule has 2 aromatic heterocycles. The topological polar surface area (TPSA) is 55.6 Å². The summed E-state index contributed by atoms with van der Waals surface area (Å²) in [7, 11) is 1.90. The van der Waals surface area contributed by atoms with Gasteiger partial charge >= 0.3 is 0 Å². The lowest BCUT2D eigenvalue weighted by Crippen LogP contribution is -2.20. The lowest BCUT2D eigenvalue weighted by molar-refractivity contribution is 0.639. The Morgan fingerprint density at radius 2 is 1.93 bits per heavy atom. The Hall–Kier alpha value is -3.12. The van der Waals surface area contributed by atoms with Crippen molar-refractivity contribution in [3.05, 3.63) is 59.7 Å². The van der Waals surface area contributed by atoms with E-state index in [1.807, 2.05) is 44.4 Å². The van der Waals surface area contributed by atoms with Crippen LogP contribution in [0.15, 0.2) is 42.6 Å². The van der Waals surface area contributed by atoms with Crippen molar-refractivity contribution in [1.29, 1.82) is 0 Å². The molecule has 0 spiro atoms. The average molecular weight is 373 g/mol. The number of halogens is 1. The van der Waals surface area contributed by atoms with E-state index in [0.29, 0.717) is 10.9 Å². The molecule has 0 atom stereocenters. The molecule has 5 rings (SSSR count). The molecule has 140 valence electrons. The maximum Gasteiger partial charge on any atom is 0.133 e. The van der Waals surface area contributed by atoms with Crippen LogP contribution in [-0.4, -0.2) is 33.1 Å². The molecular weight excluding hydrogens is 353 g/mol. The van der Waals surface area contributed by atoms with Gasteiger partial charge in [0.1, 0.15) is 5.82 Å². The van der Waals surface area contributed by atoms with Crippen molar-refractivity contribution in [3.63, 3.8) is 0 Å². The zero-order chi connectivity index (χ0) is 19.3. The van der Waals surface area contributed by atoms with Gasteiger partial charge in [0, 0.05) is 30.6 Å². The summed E-state index contributed by atoms with van der Waals surface area (Å²) in [6.07, 6.45) is 4.95. The first-order valence-corrected chi connectivity index (χ1v) is 9.40. The fourth-order valence-electron chi connectivity index (χ4n) is 3.88. The smallest absolute Gasteiger partial charge is 0.133 e. The molecule has 0 saturated carbocycles. The fraction of sp³-hybridized carbons (Fsp3) is 0.227. The summed E-state index contributed by atoms with van der Waals surface area (Å²) in [5.41, 5.74) is 6.22. The van der Waals surface area contributed by atoms with E-state index in [-0.39, 0.29) is 5.82 Å². The minimum absolute atomic E-state index is 0.276. The number of hydrogen-bond acceptors (Lipinski definition) is 4. The van der Waals surface area contributed by atoms with Gasteiger partial charge in [-0.1, -0.05) is 6.08 Å². The third-order valence-corrected chi connectivity index (χ3v) is 5.29. The number of aryl methyl sites for hydroxylation is 2.